The maximum atomic E-state index is 10.2. The molecule has 0 atom stereocenters. The quantitative estimate of drug-likeness (QED) is 0.775. The molecule has 1 aromatic rings. The van der Waals surface area contributed by atoms with Gasteiger partial charge in [-0.1, -0.05) is 0 Å². The first-order chi connectivity index (χ1) is 6.09. The van der Waals surface area contributed by atoms with E-state index < -0.39 is 5.97 Å². The minimum Gasteiger partial charge on any atom is -0.481 e. The molecular weight excluding hydrogens is 188 g/mol. The van der Waals surface area contributed by atoms with Crippen molar-refractivity contribution >= 4 is 22.4 Å². The van der Waals surface area contributed by atoms with E-state index in [4.69, 9.17) is 5.11 Å². The Bertz CT molecular complexity index is 290. The summed E-state index contributed by atoms with van der Waals surface area (Å²) in [4.78, 5) is 15.6. The second-order valence-corrected chi connectivity index (χ2v) is 3.93. The summed E-state index contributed by atoms with van der Waals surface area (Å²) in [7, 11) is 0. The molecule has 0 fully saturated rings. The fourth-order valence-electron chi connectivity index (χ4n) is 0.825. The Kier molecular flexibility index (Phi) is 3.25. The number of hydrogen-bond donors (Lipinski definition) is 2. The van der Waals surface area contributed by atoms with Gasteiger partial charge in [0.25, 0.3) is 0 Å². The second kappa shape index (κ2) is 4.23. The molecule has 2 N–H and O–H groups in total. The van der Waals surface area contributed by atoms with Crippen molar-refractivity contribution in [2.45, 2.75) is 20.3 Å². The largest absolute Gasteiger partial charge is 0.481 e. The molecule has 1 rings (SSSR count). The van der Waals surface area contributed by atoms with E-state index in [0.717, 1.165) is 15.7 Å². The van der Waals surface area contributed by atoms with Crippen molar-refractivity contribution in [2.75, 3.05) is 11.9 Å². The third-order valence-electron chi connectivity index (χ3n) is 1.64. The Morgan fingerprint density at radius 1 is 1.62 bits per heavy atom. The van der Waals surface area contributed by atoms with Crippen molar-refractivity contribution in [3.63, 3.8) is 0 Å². The molecule has 4 nitrogen and oxygen atoms in total. The monoisotopic (exact) mass is 200 g/mol. The van der Waals surface area contributed by atoms with Gasteiger partial charge in [0, 0.05) is 11.4 Å². The summed E-state index contributed by atoms with van der Waals surface area (Å²) >= 11 is 1.55. The summed E-state index contributed by atoms with van der Waals surface area (Å²) in [6.07, 6.45) is 0.123. The summed E-state index contributed by atoms with van der Waals surface area (Å²) in [5.41, 5.74) is 1.00. The number of carboxylic acids is 1. The molecule has 13 heavy (non-hydrogen) atoms. The lowest BCUT2D eigenvalue weighted by Gasteiger charge is -1.97. The zero-order valence-electron chi connectivity index (χ0n) is 7.63. The lowest BCUT2D eigenvalue weighted by Crippen LogP contribution is -2.07. The van der Waals surface area contributed by atoms with Gasteiger partial charge in [-0.3, -0.25) is 4.79 Å². The predicted molar refractivity (Wildman–Crippen MR) is 52.3 cm³/mol. The summed E-state index contributed by atoms with van der Waals surface area (Å²) in [5.74, 6) is -0.794. The molecule has 0 amide bonds. The van der Waals surface area contributed by atoms with E-state index in [0.29, 0.717) is 6.54 Å². The number of rotatable bonds is 4. The van der Waals surface area contributed by atoms with Gasteiger partial charge >= 0.3 is 5.97 Å². The van der Waals surface area contributed by atoms with Crippen LogP contribution in [0.4, 0.5) is 5.13 Å². The number of hydrogen-bond acceptors (Lipinski definition) is 4. The molecule has 1 heterocycles. The van der Waals surface area contributed by atoms with Crippen LogP contribution < -0.4 is 5.32 Å². The Labute approximate surface area is 80.6 Å². The first kappa shape index (κ1) is 9.98. The SMILES string of the molecule is Cc1nc(NCCC(=O)O)sc1C. The van der Waals surface area contributed by atoms with Gasteiger partial charge in [-0.2, -0.15) is 0 Å². The third-order valence-corrected chi connectivity index (χ3v) is 2.67. The normalized spacial score (nSPS) is 10.0. The first-order valence-electron chi connectivity index (χ1n) is 3.99. The Balaban J connectivity index is 2.41. The molecule has 72 valence electrons. The van der Waals surface area contributed by atoms with E-state index in [9.17, 15) is 4.79 Å². The van der Waals surface area contributed by atoms with Crippen molar-refractivity contribution in [1.82, 2.24) is 4.98 Å². The average molecular weight is 200 g/mol. The highest BCUT2D eigenvalue weighted by Crippen LogP contribution is 2.20. The summed E-state index contributed by atoms with van der Waals surface area (Å²) < 4.78 is 0. The van der Waals surface area contributed by atoms with E-state index in [1.807, 2.05) is 13.8 Å². The fraction of sp³-hybridized carbons (Fsp3) is 0.500. The maximum Gasteiger partial charge on any atom is 0.305 e. The van der Waals surface area contributed by atoms with Crippen LogP contribution in [-0.4, -0.2) is 22.6 Å². The highest BCUT2D eigenvalue weighted by Gasteiger charge is 2.03. The van der Waals surface area contributed by atoms with E-state index >= 15 is 0 Å². The standard InChI is InChI=1S/C8H12N2O2S/c1-5-6(2)13-8(10-5)9-4-3-7(11)12/h3-4H2,1-2H3,(H,9,10)(H,11,12). The molecule has 0 saturated heterocycles. The number of anilines is 1. The number of nitrogens with zero attached hydrogens (tertiary/aromatic N) is 1. The minimum atomic E-state index is -0.794. The van der Waals surface area contributed by atoms with Crippen LogP contribution in [0.25, 0.3) is 0 Å². The van der Waals surface area contributed by atoms with Gasteiger partial charge in [-0.15, -0.1) is 11.3 Å². The topological polar surface area (TPSA) is 62.2 Å². The third kappa shape index (κ3) is 3.02. The molecule has 1 aromatic heterocycles. The van der Waals surface area contributed by atoms with Gasteiger partial charge in [0.05, 0.1) is 12.1 Å². The number of aliphatic carboxylic acids is 1. The Hall–Kier alpha value is -1.10. The Morgan fingerprint density at radius 2 is 2.31 bits per heavy atom. The lowest BCUT2D eigenvalue weighted by atomic mass is 10.4. The Morgan fingerprint density at radius 3 is 2.77 bits per heavy atom. The van der Waals surface area contributed by atoms with Gasteiger partial charge in [-0.05, 0) is 13.8 Å². The van der Waals surface area contributed by atoms with Crippen LogP contribution >= 0.6 is 11.3 Å². The van der Waals surface area contributed by atoms with Gasteiger partial charge < -0.3 is 10.4 Å². The molecule has 0 aromatic carbocycles. The number of thiazole rings is 1. The van der Waals surface area contributed by atoms with Crippen molar-refractivity contribution in [2.24, 2.45) is 0 Å². The van der Waals surface area contributed by atoms with E-state index in [1.165, 1.54) is 0 Å². The van der Waals surface area contributed by atoms with Crippen LogP contribution in [0, 0.1) is 13.8 Å². The molecule has 0 radical (unpaired) electrons. The molecule has 0 saturated carbocycles. The average Bonchev–Trinajstić information content (AvgIpc) is 2.30. The molecule has 0 aliphatic heterocycles. The number of carbonyl (C=O) groups is 1. The number of aryl methyl sites for hydroxylation is 2. The van der Waals surface area contributed by atoms with Crippen LogP contribution in [0.2, 0.25) is 0 Å². The minimum absolute atomic E-state index is 0.123. The predicted octanol–water partition coefficient (Wildman–Crippen LogP) is 1.65. The lowest BCUT2D eigenvalue weighted by molar-refractivity contribution is -0.136. The number of aromatic nitrogens is 1. The highest BCUT2D eigenvalue weighted by molar-refractivity contribution is 7.15. The van der Waals surface area contributed by atoms with E-state index in [1.54, 1.807) is 11.3 Å². The van der Waals surface area contributed by atoms with Crippen LogP contribution in [0.1, 0.15) is 17.0 Å². The van der Waals surface area contributed by atoms with Crippen LogP contribution in [0.3, 0.4) is 0 Å². The second-order valence-electron chi connectivity index (χ2n) is 2.73. The smallest absolute Gasteiger partial charge is 0.305 e. The van der Waals surface area contributed by atoms with E-state index in [2.05, 4.69) is 10.3 Å². The zero-order chi connectivity index (χ0) is 9.84. The number of nitrogens with one attached hydrogen (secondary N) is 1. The fourth-order valence-corrected chi connectivity index (χ4v) is 1.66. The molecule has 0 aliphatic rings. The van der Waals surface area contributed by atoms with Crippen LogP contribution in [0.5, 0.6) is 0 Å². The molecule has 5 heteroatoms. The summed E-state index contributed by atoms with van der Waals surface area (Å²) in [6, 6.07) is 0. The van der Waals surface area contributed by atoms with Gasteiger partial charge in [0.1, 0.15) is 0 Å². The van der Waals surface area contributed by atoms with Crippen LogP contribution in [-0.2, 0) is 4.79 Å². The van der Waals surface area contributed by atoms with Gasteiger partial charge in [0.2, 0.25) is 0 Å². The zero-order valence-corrected chi connectivity index (χ0v) is 8.44. The van der Waals surface area contributed by atoms with Crippen molar-refractivity contribution in [3.05, 3.63) is 10.6 Å². The highest BCUT2D eigenvalue weighted by atomic mass is 32.1. The number of carboxylic acid groups (broad SMARTS) is 1. The van der Waals surface area contributed by atoms with E-state index in [-0.39, 0.29) is 6.42 Å². The molecule has 0 bridgehead atoms. The van der Waals surface area contributed by atoms with Crippen molar-refractivity contribution in [3.8, 4) is 0 Å². The molecule has 0 unspecified atom stereocenters. The van der Waals surface area contributed by atoms with Gasteiger partial charge in [0.15, 0.2) is 5.13 Å². The maximum absolute atomic E-state index is 10.2. The molecule has 0 aliphatic carbocycles. The first-order valence-corrected chi connectivity index (χ1v) is 4.81. The molecular formula is C8H12N2O2S. The van der Waals surface area contributed by atoms with Crippen LogP contribution in [0.15, 0.2) is 0 Å². The molecule has 0 spiro atoms. The van der Waals surface area contributed by atoms with Crippen molar-refractivity contribution < 1.29 is 9.90 Å². The summed E-state index contributed by atoms with van der Waals surface area (Å²) in [6.45, 7) is 4.37. The van der Waals surface area contributed by atoms with Crippen molar-refractivity contribution in [1.29, 1.82) is 0 Å². The summed E-state index contributed by atoms with van der Waals surface area (Å²) in [5, 5.41) is 12.2. The van der Waals surface area contributed by atoms with Gasteiger partial charge in [-0.25, -0.2) is 4.98 Å².